The van der Waals surface area contributed by atoms with Gasteiger partial charge in [0.1, 0.15) is 5.82 Å². The molecule has 0 heterocycles. The largest absolute Gasteiger partial charge is 0.325 e. The molecule has 8 heteroatoms. The molecule has 3 amide bonds. The third kappa shape index (κ3) is 4.44. The minimum Gasteiger partial charge on any atom is -0.305 e. The number of anilines is 1. The van der Waals surface area contributed by atoms with Crippen LogP contribution in [0.2, 0.25) is 5.02 Å². The van der Waals surface area contributed by atoms with Crippen LogP contribution in [-0.4, -0.2) is 17.8 Å². The highest BCUT2D eigenvalue weighted by molar-refractivity contribution is 9.10. The summed E-state index contributed by atoms with van der Waals surface area (Å²) in [5.41, 5.74) is 0.175. The molecule has 0 aromatic heterocycles. The van der Waals surface area contributed by atoms with Crippen molar-refractivity contribution in [2.45, 2.75) is 6.42 Å². The molecular weight excluding hydrogens is 350 g/mol. The van der Waals surface area contributed by atoms with Gasteiger partial charge in [-0.1, -0.05) is 11.6 Å². The predicted molar refractivity (Wildman–Crippen MR) is 71.6 cm³/mol. The predicted octanol–water partition coefficient (Wildman–Crippen LogP) is 3.52. The summed E-state index contributed by atoms with van der Waals surface area (Å²) in [5, 5.41) is 4.40. The fourth-order valence-electron chi connectivity index (χ4n) is 1.08. The number of alkyl halides is 1. The van der Waals surface area contributed by atoms with Crippen molar-refractivity contribution in [3.8, 4) is 0 Å². The van der Waals surface area contributed by atoms with Gasteiger partial charge in [-0.15, -0.1) is 11.6 Å². The van der Waals surface area contributed by atoms with Crippen LogP contribution in [0.4, 0.5) is 14.9 Å². The number of rotatable bonds is 3. The molecule has 0 aliphatic rings. The molecule has 4 nitrogen and oxygen atoms in total. The van der Waals surface area contributed by atoms with Gasteiger partial charge in [0.2, 0.25) is 5.91 Å². The minimum absolute atomic E-state index is 0.0156. The molecule has 0 atom stereocenters. The van der Waals surface area contributed by atoms with Gasteiger partial charge in [0.25, 0.3) is 0 Å². The molecule has 0 unspecified atom stereocenters. The fourth-order valence-corrected chi connectivity index (χ4v) is 2.15. The van der Waals surface area contributed by atoms with E-state index in [0.717, 1.165) is 12.1 Å². The van der Waals surface area contributed by atoms with Crippen molar-refractivity contribution >= 4 is 56.8 Å². The molecule has 0 radical (unpaired) electrons. The summed E-state index contributed by atoms with van der Waals surface area (Å²) in [6.45, 7) is 0. The molecule has 0 aliphatic heterocycles. The second kappa shape index (κ2) is 6.92. The van der Waals surface area contributed by atoms with Crippen LogP contribution in [0.5, 0.6) is 0 Å². The molecule has 0 bridgehead atoms. The van der Waals surface area contributed by atoms with Crippen molar-refractivity contribution in [3.05, 3.63) is 27.4 Å². The van der Waals surface area contributed by atoms with Crippen LogP contribution in [0.1, 0.15) is 6.42 Å². The summed E-state index contributed by atoms with van der Waals surface area (Å²) in [5.74, 6) is -0.951. The summed E-state index contributed by atoms with van der Waals surface area (Å²) < 4.78 is 13.2. The standard InChI is InChI=1S/C10H8BrCl2FN2O2/c11-6-3-5(14)4-7(13)9(6)16-10(18)15-8(17)1-2-12/h3-4H,1-2H2,(H2,15,16,17,18). The van der Waals surface area contributed by atoms with Crippen molar-refractivity contribution in [2.75, 3.05) is 11.2 Å². The molecule has 2 N–H and O–H groups in total. The van der Waals surface area contributed by atoms with E-state index in [-0.39, 0.29) is 27.5 Å². The van der Waals surface area contributed by atoms with E-state index in [1.54, 1.807) is 0 Å². The van der Waals surface area contributed by atoms with Gasteiger partial charge in [-0.2, -0.15) is 0 Å². The van der Waals surface area contributed by atoms with Gasteiger partial charge in [-0.25, -0.2) is 9.18 Å². The Bertz CT molecular complexity index is 462. The number of hydrogen-bond donors (Lipinski definition) is 2. The van der Waals surface area contributed by atoms with E-state index in [0.29, 0.717) is 0 Å². The zero-order valence-electron chi connectivity index (χ0n) is 8.90. The van der Waals surface area contributed by atoms with E-state index >= 15 is 0 Å². The minimum atomic E-state index is -0.765. The Labute approximate surface area is 121 Å². The number of hydrogen-bond acceptors (Lipinski definition) is 2. The maximum absolute atomic E-state index is 12.9. The van der Waals surface area contributed by atoms with Gasteiger partial charge >= 0.3 is 6.03 Å². The number of nitrogens with one attached hydrogen (secondary N) is 2. The maximum atomic E-state index is 12.9. The number of benzene rings is 1. The Morgan fingerprint density at radius 3 is 2.61 bits per heavy atom. The first kappa shape index (κ1) is 15.2. The molecule has 98 valence electrons. The average molecular weight is 358 g/mol. The highest BCUT2D eigenvalue weighted by Crippen LogP contribution is 2.31. The summed E-state index contributed by atoms with van der Waals surface area (Å²) in [4.78, 5) is 22.5. The zero-order valence-corrected chi connectivity index (χ0v) is 12.0. The molecule has 1 aromatic carbocycles. The van der Waals surface area contributed by atoms with E-state index in [2.05, 4.69) is 26.6 Å². The van der Waals surface area contributed by atoms with E-state index < -0.39 is 17.8 Å². The smallest absolute Gasteiger partial charge is 0.305 e. The maximum Gasteiger partial charge on any atom is 0.325 e. The fraction of sp³-hybridized carbons (Fsp3) is 0.200. The highest BCUT2D eigenvalue weighted by Gasteiger charge is 2.13. The Morgan fingerprint density at radius 2 is 2.06 bits per heavy atom. The molecule has 0 saturated carbocycles. The summed E-state index contributed by atoms with van der Waals surface area (Å²) >= 11 is 14.2. The quantitative estimate of drug-likeness (QED) is 0.813. The lowest BCUT2D eigenvalue weighted by Gasteiger charge is -2.10. The van der Waals surface area contributed by atoms with Crippen LogP contribution in [0.15, 0.2) is 16.6 Å². The van der Waals surface area contributed by atoms with Crippen LogP contribution in [-0.2, 0) is 4.79 Å². The summed E-state index contributed by atoms with van der Waals surface area (Å²) in [7, 11) is 0. The Kier molecular flexibility index (Phi) is 5.84. The second-order valence-electron chi connectivity index (χ2n) is 3.19. The van der Waals surface area contributed by atoms with Gasteiger partial charge in [0, 0.05) is 16.8 Å². The van der Waals surface area contributed by atoms with Crippen LogP contribution in [0.25, 0.3) is 0 Å². The van der Waals surface area contributed by atoms with Crippen LogP contribution in [0, 0.1) is 5.82 Å². The number of imide groups is 1. The van der Waals surface area contributed by atoms with Crippen molar-refractivity contribution in [1.29, 1.82) is 0 Å². The Morgan fingerprint density at radius 1 is 1.39 bits per heavy atom. The monoisotopic (exact) mass is 356 g/mol. The van der Waals surface area contributed by atoms with Gasteiger partial charge in [0.15, 0.2) is 0 Å². The highest BCUT2D eigenvalue weighted by atomic mass is 79.9. The summed E-state index contributed by atoms with van der Waals surface area (Å²) in [6, 6.07) is 1.42. The van der Waals surface area contributed by atoms with E-state index in [1.807, 2.05) is 0 Å². The molecular formula is C10H8BrCl2FN2O2. The molecule has 1 rings (SSSR count). The SMILES string of the molecule is O=C(CCCl)NC(=O)Nc1c(Cl)cc(F)cc1Br. The van der Waals surface area contributed by atoms with E-state index in [9.17, 15) is 14.0 Å². The first-order chi connectivity index (χ1) is 8.43. The van der Waals surface area contributed by atoms with Gasteiger partial charge in [-0.05, 0) is 28.1 Å². The number of carbonyl (C=O) groups excluding carboxylic acids is 2. The number of halogens is 4. The molecule has 18 heavy (non-hydrogen) atoms. The molecule has 1 aromatic rings. The van der Waals surface area contributed by atoms with Crippen molar-refractivity contribution < 1.29 is 14.0 Å². The number of urea groups is 1. The lowest BCUT2D eigenvalue weighted by molar-refractivity contribution is -0.119. The lowest BCUT2D eigenvalue weighted by Crippen LogP contribution is -2.34. The van der Waals surface area contributed by atoms with Crippen LogP contribution >= 0.6 is 39.1 Å². The Balaban J connectivity index is 2.73. The third-order valence-electron chi connectivity index (χ3n) is 1.82. The normalized spacial score (nSPS) is 10.0. The van der Waals surface area contributed by atoms with Crippen LogP contribution < -0.4 is 10.6 Å². The average Bonchev–Trinajstić information content (AvgIpc) is 2.23. The molecule has 0 saturated heterocycles. The molecule has 0 spiro atoms. The van der Waals surface area contributed by atoms with Crippen molar-refractivity contribution in [3.63, 3.8) is 0 Å². The topological polar surface area (TPSA) is 58.2 Å². The van der Waals surface area contributed by atoms with Gasteiger partial charge in [-0.3, -0.25) is 10.1 Å². The Hall–Kier alpha value is -0.850. The first-order valence-electron chi connectivity index (χ1n) is 4.75. The van der Waals surface area contributed by atoms with Crippen molar-refractivity contribution in [2.24, 2.45) is 0 Å². The number of amides is 3. The second-order valence-corrected chi connectivity index (χ2v) is 4.83. The third-order valence-corrected chi connectivity index (χ3v) is 2.93. The number of carbonyl (C=O) groups is 2. The zero-order chi connectivity index (χ0) is 13.7. The van der Waals surface area contributed by atoms with E-state index in [4.69, 9.17) is 23.2 Å². The van der Waals surface area contributed by atoms with Gasteiger partial charge in [0.05, 0.1) is 10.7 Å². The first-order valence-corrected chi connectivity index (χ1v) is 6.46. The summed E-state index contributed by atoms with van der Waals surface area (Å²) in [6.07, 6.45) is 0.0211. The van der Waals surface area contributed by atoms with Crippen molar-refractivity contribution in [1.82, 2.24) is 5.32 Å². The lowest BCUT2D eigenvalue weighted by atomic mass is 10.3. The van der Waals surface area contributed by atoms with Crippen LogP contribution in [0.3, 0.4) is 0 Å². The molecule has 0 aliphatic carbocycles. The van der Waals surface area contributed by atoms with E-state index in [1.165, 1.54) is 0 Å². The molecule has 0 fully saturated rings. The van der Waals surface area contributed by atoms with Gasteiger partial charge < -0.3 is 5.32 Å².